The van der Waals surface area contributed by atoms with Crippen molar-refractivity contribution in [2.75, 3.05) is 32.2 Å². The summed E-state index contributed by atoms with van der Waals surface area (Å²) >= 11 is 6.09. The van der Waals surface area contributed by atoms with Gasteiger partial charge in [-0.2, -0.15) is 0 Å². The molecule has 8 heteroatoms. The quantitative estimate of drug-likeness (QED) is 0.380. The van der Waals surface area contributed by atoms with E-state index in [0.29, 0.717) is 36.5 Å². The van der Waals surface area contributed by atoms with Crippen LogP contribution in [0.25, 0.3) is 0 Å². The molecule has 1 aliphatic heterocycles. The number of rotatable bonds is 5. The third-order valence-electron chi connectivity index (χ3n) is 3.71. The van der Waals surface area contributed by atoms with E-state index in [4.69, 9.17) is 31.5 Å². The van der Waals surface area contributed by atoms with Crippen LogP contribution in [0.1, 0.15) is 5.56 Å². The molecule has 26 heavy (non-hydrogen) atoms. The Hall–Kier alpha value is -1.87. The molecule has 2 aromatic rings. The van der Waals surface area contributed by atoms with E-state index in [1.807, 2.05) is 24.3 Å². The van der Waals surface area contributed by atoms with Gasteiger partial charge in [0.2, 0.25) is 0 Å². The number of fused-ring (bicyclic) bond motifs is 1. The van der Waals surface area contributed by atoms with Crippen molar-refractivity contribution >= 4 is 47.2 Å². The number of hydrogen-bond donors (Lipinski definition) is 2. The van der Waals surface area contributed by atoms with Gasteiger partial charge >= 0.3 is 0 Å². The van der Waals surface area contributed by atoms with Crippen LogP contribution in [0.5, 0.6) is 17.2 Å². The Bertz CT molecular complexity index is 786. The second-order valence-electron chi connectivity index (χ2n) is 5.47. The third-order valence-corrected chi connectivity index (χ3v) is 4.01. The van der Waals surface area contributed by atoms with Crippen LogP contribution in [0.2, 0.25) is 5.02 Å². The second kappa shape index (κ2) is 9.72. The molecular formula is C18H21ClIN3O3. The lowest BCUT2D eigenvalue weighted by Gasteiger charge is -2.18. The van der Waals surface area contributed by atoms with E-state index in [0.717, 1.165) is 29.2 Å². The minimum absolute atomic E-state index is 0. The van der Waals surface area contributed by atoms with Crippen LogP contribution in [0.3, 0.4) is 0 Å². The summed E-state index contributed by atoms with van der Waals surface area (Å²) in [5.74, 6) is 2.52. The van der Waals surface area contributed by atoms with Crippen LogP contribution in [0.4, 0.5) is 5.69 Å². The number of guanidine groups is 1. The van der Waals surface area contributed by atoms with Crippen molar-refractivity contribution in [3.8, 4) is 17.2 Å². The fourth-order valence-corrected chi connectivity index (χ4v) is 2.74. The lowest BCUT2D eigenvalue weighted by Crippen LogP contribution is -2.23. The number of methoxy groups -OCH3 is 1. The zero-order valence-electron chi connectivity index (χ0n) is 14.3. The molecule has 1 heterocycles. The zero-order valence-corrected chi connectivity index (χ0v) is 17.4. The highest BCUT2D eigenvalue weighted by Crippen LogP contribution is 2.31. The number of anilines is 1. The van der Waals surface area contributed by atoms with Gasteiger partial charge < -0.3 is 25.3 Å². The number of nitrogens with one attached hydrogen (secondary N) is 1. The first kappa shape index (κ1) is 20.4. The highest BCUT2D eigenvalue weighted by molar-refractivity contribution is 14.0. The molecule has 2 aromatic carbocycles. The Morgan fingerprint density at radius 3 is 2.69 bits per heavy atom. The van der Waals surface area contributed by atoms with E-state index in [1.54, 1.807) is 19.2 Å². The van der Waals surface area contributed by atoms with Crippen molar-refractivity contribution in [1.29, 1.82) is 0 Å². The van der Waals surface area contributed by atoms with Gasteiger partial charge in [0.15, 0.2) is 17.5 Å². The first-order chi connectivity index (χ1) is 12.2. The Labute approximate surface area is 174 Å². The van der Waals surface area contributed by atoms with Gasteiger partial charge in [-0.05, 0) is 42.3 Å². The molecule has 140 valence electrons. The summed E-state index contributed by atoms with van der Waals surface area (Å²) in [5.41, 5.74) is 7.80. The standard InChI is InChI=1S/C18H20ClN3O3.HI/c1-23-15-5-3-13(11-14(15)19)22-18(20)21-7-6-12-2-4-16-17(10-12)25-9-8-24-16;/h2-5,10-11H,6-9H2,1H3,(H3,20,21,22);1H. The number of ether oxygens (including phenoxy) is 3. The van der Waals surface area contributed by atoms with Crippen molar-refractivity contribution < 1.29 is 14.2 Å². The fraction of sp³-hybridized carbons (Fsp3) is 0.278. The van der Waals surface area contributed by atoms with E-state index in [2.05, 4.69) is 10.3 Å². The highest BCUT2D eigenvalue weighted by atomic mass is 127. The molecule has 0 atom stereocenters. The monoisotopic (exact) mass is 489 g/mol. The van der Waals surface area contributed by atoms with Crippen LogP contribution in [-0.2, 0) is 6.42 Å². The topological polar surface area (TPSA) is 78.1 Å². The first-order valence-corrected chi connectivity index (χ1v) is 8.32. The molecule has 0 amide bonds. The number of benzene rings is 2. The van der Waals surface area contributed by atoms with Gasteiger partial charge in [0.25, 0.3) is 0 Å². The number of nitrogens with two attached hydrogens (primary N) is 1. The van der Waals surface area contributed by atoms with Crippen molar-refractivity contribution in [1.82, 2.24) is 0 Å². The molecule has 3 N–H and O–H groups in total. The van der Waals surface area contributed by atoms with Gasteiger partial charge in [0.05, 0.1) is 12.1 Å². The fourth-order valence-electron chi connectivity index (χ4n) is 2.48. The van der Waals surface area contributed by atoms with Gasteiger partial charge in [-0.25, -0.2) is 0 Å². The Kier molecular flexibility index (Phi) is 7.65. The van der Waals surface area contributed by atoms with Crippen molar-refractivity contribution in [3.05, 3.63) is 47.0 Å². The molecule has 0 radical (unpaired) electrons. The molecule has 0 saturated carbocycles. The van der Waals surface area contributed by atoms with E-state index >= 15 is 0 Å². The summed E-state index contributed by atoms with van der Waals surface area (Å²) in [4.78, 5) is 4.34. The van der Waals surface area contributed by atoms with Gasteiger partial charge in [-0.3, -0.25) is 4.99 Å². The summed E-state index contributed by atoms with van der Waals surface area (Å²) < 4.78 is 16.2. The summed E-state index contributed by atoms with van der Waals surface area (Å²) in [6, 6.07) is 11.3. The molecule has 3 rings (SSSR count). The van der Waals surface area contributed by atoms with E-state index in [1.165, 1.54) is 0 Å². The van der Waals surface area contributed by atoms with Crippen molar-refractivity contribution in [2.45, 2.75) is 6.42 Å². The minimum Gasteiger partial charge on any atom is -0.495 e. The molecular weight excluding hydrogens is 469 g/mol. The number of halogens is 2. The summed E-state index contributed by atoms with van der Waals surface area (Å²) in [7, 11) is 1.57. The highest BCUT2D eigenvalue weighted by Gasteiger charge is 2.11. The van der Waals surface area contributed by atoms with Crippen LogP contribution in [0.15, 0.2) is 41.4 Å². The predicted octanol–water partition coefficient (Wildman–Crippen LogP) is 3.71. The molecule has 0 saturated heterocycles. The van der Waals surface area contributed by atoms with Crippen LogP contribution >= 0.6 is 35.6 Å². The summed E-state index contributed by atoms with van der Waals surface area (Å²) in [6.45, 7) is 1.73. The van der Waals surface area contributed by atoms with E-state index in [9.17, 15) is 0 Å². The Balaban J connectivity index is 0.00000243. The lowest BCUT2D eigenvalue weighted by molar-refractivity contribution is 0.171. The van der Waals surface area contributed by atoms with Crippen molar-refractivity contribution in [3.63, 3.8) is 0 Å². The maximum atomic E-state index is 6.09. The largest absolute Gasteiger partial charge is 0.495 e. The summed E-state index contributed by atoms with van der Waals surface area (Å²) in [6.07, 6.45) is 0.752. The second-order valence-corrected chi connectivity index (χ2v) is 5.88. The summed E-state index contributed by atoms with van der Waals surface area (Å²) in [5, 5.41) is 3.52. The minimum atomic E-state index is 0. The lowest BCUT2D eigenvalue weighted by atomic mass is 10.1. The zero-order chi connectivity index (χ0) is 17.6. The number of nitrogens with zero attached hydrogens (tertiary/aromatic N) is 1. The normalized spacial score (nSPS) is 12.9. The number of hydrogen-bond acceptors (Lipinski definition) is 4. The Morgan fingerprint density at radius 2 is 1.96 bits per heavy atom. The maximum Gasteiger partial charge on any atom is 0.193 e. The third kappa shape index (κ3) is 5.31. The molecule has 0 spiro atoms. The van der Waals surface area contributed by atoms with E-state index < -0.39 is 0 Å². The number of aliphatic imine (C=N–C) groups is 1. The average molecular weight is 490 g/mol. The molecule has 0 unspecified atom stereocenters. The average Bonchev–Trinajstić information content (AvgIpc) is 2.62. The molecule has 0 aromatic heterocycles. The predicted molar refractivity (Wildman–Crippen MR) is 115 cm³/mol. The van der Waals surface area contributed by atoms with Gasteiger partial charge in [-0.15, -0.1) is 24.0 Å². The van der Waals surface area contributed by atoms with Crippen LogP contribution in [-0.4, -0.2) is 32.8 Å². The van der Waals surface area contributed by atoms with Crippen LogP contribution < -0.4 is 25.3 Å². The van der Waals surface area contributed by atoms with Gasteiger partial charge in [-0.1, -0.05) is 17.7 Å². The molecule has 0 aliphatic carbocycles. The SMILES string of the molecule is COc1ccc(NC(N)=NCCc2ccc3c(c2)OCCO3)cc1Cl.I. The maximum absolute atomic E-state index is 6.09. The molecule has 1 aliphatic rings. The van der Waals surface area contributed by atoms with Gasteiger partial charge in [0.1, 0.15) is 19.0 Å². The van der Waals surface area contributed by atoms with Crippen LogP contribution in [0, 0.1) is 0 Å². The molecule has 0 bridgehead atoms. The molecule has 6 nitrogen and oxygen atoms in total. The van der Waals surface area contributed by atoms with Crippen molar-refractivity contribution in [2.24, 2.45) is 10.7 Å². The molecule has 0 fully saturated rings. The van der Waals surface area contributed by atoms with E-state index in [-0.39, 0.29) is 24.0 Å². The van der Waals surface area contributed by atoms with Gasteiger partial charge in [0, 0.05) is 12.2 Å². The Morgan fingerprint density at radius 1 is 1.19 bits per heavy atom. The smallest absolute Gasteiger partial charge is 0.193 e. The first-order valence-electron chi connectivity index (χ1n) is 7.95.